The molecule has 0 bridgehead atoms. The van der Waals surface area contributed by atoms with Crippen LogP contribution in [-0.4, -0.2) is 24.8 Å². The van der Waals surface area contributed by atoms with Gasteiger partial charge in [0, 0.05) is 29.8 Å². The summed E-state index contributed by atoms with van der Waals surface area (Å²) >= 11 is 3.44. The third-order valence-electron chi connectivity index (χ3n) is 2.43. The highest BCUT2D eigenvalue weighted by atomic mass is 79.9. The molecule has 0 aliphatic carbocycles. The quantitative estimate of drug-likeness (QED) is 0.893. The summed E-state index contributed by atoms with van der Waals surface area (Å²) < 4.78 is 1.02. The van der Waals surface area contributed by atoms with Crippen molar-refractivity contribution in [2.24, 2.45) is 5.73 Å². The predicted octanol–water partition coefficient (Wildman–Crippen LogP) is 2.29. The van der Waals surface area contributed by atoms with Gasteiger partial charge in [0.1, 0.15) is 0 Å². The van der Waals surface area contributed by atoms with Crippen LogP contribution in [0.15, 0.2) is 22.7 Å². The summed E-state index contributed by atoms with van der Waals surface area (Å²) in [5.74, 6) is 0. The topological polar surface area (TPSA) is 49.5 Å². The lowest BCUT2D eigenvalue weighted by molar-refractivity contribution is 0.201. The number of rotatable bonds is 4. The fraction of sp³-hybridized carbons (Fsp3) is 0.500. The van der Waals surface area contributed by atoms with Crippen LogP contribution in [0.25, 0.3) is 0 Å². The fourth-order valence-electron chi connectivity index (χ4n) is 1.73. The molecule has 3 N–H and O–H groups in total. The Kier molecular flexibility index (Phi) is 4.77. The molecule has 4 heteroatoms. The zero-order chi connectivity index (χ0) is 12.3. The molecule has 0 amide bonds. The van der Waals surface area contributed by atoms with Gasteiger partial charge < -0.3 is 15.7 Å². The van der Waals surface area contributed by atoms with Gasteiger partial charge in [-0.2, -0.15) is 0 Å². The van der Waals surface area contributed by atoms with Gasteiger partial charge in [0.05, 0.1) is 6.10 Å². The Labute approximate surface area is 105 Å². The van der Waals surface area contributed by atoms with E-state index in [4.69, 9.17) is 5.73 Å². The number of halogens is 1. The second-order valence-corrected chi connectivity index (χ2v) is 5.14. The van der Waals surface area contributed by atoms with Gasteiger partial charge in [-0.15, -0.1) is 0 Å². The molecule has 0 aliphatic heterocycles. The SMILES string of the molecule is CC(O)CN(C)c1ccc(Br)cc1C(C)N. The van der Waals surface area contributed by atoms with Crippen LogP contribution in [0.4, 0.5) is 5.69 Å². The number of hydrogen-bond acceptors (Lipinski definition) is 3. The minimum absolute atomic E-state index is 0.0241. The molecule has 0 fully saturated rings. The summed E-state index contributed by atoms with van der Waals surface area (Å²) in [7, 11) is 1.96. The van der Waals surface area contributed by atoms with E-state index in [0.717, 1.165) is 15.7 Å². The molecule has 0 aromatic heterocycles. The lowest BCUT2D eigenvalue weighted by Gasteiger charge is -2.25. The van der Waals surface area contributed by atoms with E-state index < -0.39 is 0 Å². The van der Waals surface area contributed by atoms with E-state index in [1.54, 1.807) is 6.92 Å². The normalized spacial score (nSPS) is 14.6. The van der Waals surface area contributed by atoms with E-state index in [-0.39, 0.29) is 12.1 Å². The largest absolute Gasteiger partial charge is 0.392 e. The fourth-order valence-corrected chi connectivity index (χ4v) is 2.11. The first-order valence-corrected chi connectivity index (χ1v) is 6.15. The van der Waals surface area contributed by atoms with Crippen molar-refractivity contribution in [1.82, 2.24) is 0 Å². The second-order valence-electron chi connectivity index (χ2n) is 4.22. The van der Waals surface area contributed by atoms with E-state index in [0.29, 0.717) is 6.54 Å². The standard InChI is InChI=1S/C12H19BrN2O/c1-8(16)7-15(3)12-5-4-10(13)6-11(12)9(2)14/h4-6,8-9,16H,7,14H2,1-3H3. The van der Waals surface area contributed by atoms with Crippen molar-refractivity contribution in [3.8, 4) is 0 Å². The van der Waals surface area contributed by atoms with Crippen LogP contribution >= 0.6 is 15.9 Å². The van der Waals surface area contributed by atoms with Gasteiger partial charge in [-0.25, -0.2) is 0 Å². The molecule has 3 nitrogen and oxygen atoms in total. The molecule has 0 radical (unpaired) electrons. The number of benzene rings is 1. The van der Waals surface area contributed by atoms with Crippen molar-refractivity contribution in [3.05, 3.63) is 28.2 Å². The van der Waals surface area contributed by atoms with Crippen molar-refractivity contribution < 1.29 is 5.11 Å². The Bertz CT molecular complexity index is 353. The number of nitrogens with zero attached hydrogens (tertiary/aromatic N) is 1. The van der Waals surface area contributed by atoms with Crippen molar-refractivity contribution >= 4 is 21.6 Å². The van der Waals surface area contributed by atoms with Gasteiger partial charge in [0.15, 0.2) is 0 Å². The molecule has 0 spiro atoms. The second kappa shape index (κ2) is 5.66. The molecule has 1 rings (SSSR count). The van der Waals surface area contributed by atoms with Crippen molar-refractivity contribution in [2.45, 2.75) is 26.0 Å². The minimum atomic E-state index is -0.352. The highest BCUT2D eigenvalue weighted by molar-refractivity contribution is 9.10. The van der Waals surface area contributed by atoms with E-state index in [1.165, 1.54) is 0 Å². The Morgan fingerprint density at radius 2 is 2.06 bits per heavy atom. The summed E-state index contributed by atoms with van der Waals surface area (Å²) in [6.07, 6.45) is -0.352. The maximum Gasteiger partial charge on any atom is 0.0686 e. The molecule has 0 heterocycles. The molecule has 0 saturated heterocycles. The van der Waals surface area contributed by atoms with E-state index in [2.05, 4.69) is 15.9 Å². The maximum atomic E-state index is 9.39. The lowest BCUT2D eigenvalue weighted by Crippen LogP contribution is -2.28. The highest BCUT2D eigenvalue weighted by Gasteiger charge is 2.12. The number of nitrogens with two attached hydrogens (primary N) is 1. The van der Waals surface area contributed by atoms with E-state index in [1.807, 2.05) is 37.1 Å². The highest BCUT2D eigenvalue weighted by Crippen LogP contribution is 2.27. The molecule has 1 aromatic rings. The number of aliphatic hydroxyl groups is 1. The van der Waals surface area contributed by atoms with Gasteiger partial charge in [-0.1, -0.05) is 15.9 Å². The number of likely N-dealkylation sites (N-methyl/N-ethyl adjacent to an activating group) is 1. The number of hydrogen-bond donors (Lipinski definition) is 2. The summed E-state index contributed by atoms with van der Waals surface area (Å²) in [6.45, 7) is 4.34. The van der Waals surface area contributed by atoms with Gasteiger partial charge in [0.2, 0.25) is 0 Å². The van der Waals surface area contributed by atoms with Gasteiger partial charge in [0.25, 0.3) is 0 Å². The molecule has 2 atom stereocenters. The molecular formula is C12H19BrN2O. The first-order valence-electron chi connectivity index (χ1n) is 5.36. The average molecular weight is 287 g/mol. The van der Waals surface area contributed by atoms with E-state index >= 15 is 0 Å². The minimum Gasteiger partial charge on any atom is -0.392 e. The van der Waals surface area contributed by atoms with Crippen LogP contribution in [-0.2, 0) is 0 Å². The number of aliphatic hydroxyl groups excluding tert-OH is 1. The Morgan fingerprint density at radius 3 is 2.56 bits per heavy atom. The van der Waals surface area contributed by atoms with Crippen LogP contribution in [0.1, 0.15) is 25.5 Å². The Morgan fingerprint density at radius 1 is 1.44 bits per heavy atom. The summed E-state index contributed by atoms with van der Waals surface area (Å²) in [5.41, 5.74) is 8.09. The molecule has 2 unspecified atom stereocenters. The van der Waals surface area contributed by atoms with Gasteiger partial charge in [-0.3, -0.25) is 0 Å². The average Bonchev–Trinajstić information content (AvgIpc) is 2.16. The zero-order valence-electron chi connectivity index (χ0n) is 9.94. The zero-order valence-corrected chi connectivity index (χ0v) is 11.5. The predicted molar refractivity (Wildman–Crippen MR) is 71.7 cm³/mol. The summed E-state index contributed by atoms with van der Waals surface area (Å²) in [5, 5.41) is 9.39. The monoisotopic (exact) mass is 286 g/mol. The third-order valence-corrected chi connectivity index (χ3v) is 2.92. The lowest BCUT2D eigenvalue weighted by atomic mass is 10.1. The third kappa shape index (κ3) is 3.47. The van der Waals surface area contributed by atoms with Crippen molar-refractivity contribution in [3.63, 3.8) is 0 Å². The van der Waals surface area contributed by atoms with Crippen LogP contribution in [0.3, 0.4) is 0 Å². The van der Waals surface area contributed by atoms with Crippen LogP contribution < -0.4 is 10.6 Å². The molecule has 1 aromatic carbocycles. The van der Waals surface area contributed by atoms with Crippen LogP contribution in [0.2, 0.25) is 0 Å². The smallest absolute Gasteiger partial charge is 0.0686 e. The molecule has 90 valence electrons. The molecular weight excluding hydrogens is 268 g/mol. The Hall–Kier alpha value is -0.580. The number of anilines is 1. The van der Waals surface area contributed by atoms with Crippen molar-refractivity contribution in [1.29, 1.82) is 0 Å². The van der Waals surface area contributed by atoms with Crippen molar-refractivity contribution in [2.75, 3.05) is 18.5 Å². The summed E-state index contributed by atoms with van der Waals surface area (Å²) in [6, 6.07) is 6.01. The maximum absolute atomic E-state index is 9.39. The van der Waals surface area contributed by atoms with E-state index in [9.17, 15) is 5.11 Å². The Balaban J connectivity index is 3.02. The van der Waals surface area contributed by atoms with Gasteiger partial charge >= 0.3 is 0 Å². The van der Waals surface area contributed by atoms with Crippen LogP contribution in [0, 0.1) is 0 Å². The van der Waals surface area contributed by atoms with Gasteiger partial charge in [-0.05, 0) is 37.6 Å². The molecule has 0 aliphatic rings. The molecule has 0 saturated carbocycles. The summed E-state index contributed by atoms with van der Waals surface area (Å²) in [4.78, 5) is 2.02. The first kappa shape index (κ1) is 13.5. The molecule has 16 heavy (non-hydrogen) atoms. The first-order chi connectivity index (χ1) is 7.41. The van der Waals surface area contributed by atoms with Crippen LogP contribution in [0.5, 0.6) is 0 Å².